The third-order valence-electron chi connectivity index (χ3n) is 3.28. The second kappa shape index (κ2) is 6.76. The molecule has 0 aliphatic heterocycles. The molecule has 0 spiro atoms. The van der Waals surface area contributed by atoms with Crippen molar-refractivity contribution < 1.29 is 18.7 Å². The normalized spacial score (nSPS) is 15.3. The van der Waals surface area contributed by atoms with Gasteiger partial charge in [-0.1, -0.05) is 36.6 Å². The van der Waals surface area contributed by atoms with E-state index < -0.39 is 23.9 Å². The first-order chi connectivity index (χ1) is 9.97. The molecule has 1 aliphatic rings. The summed E-state index contributed by atoms with van der Waals surface area (Å²) in [5.41, 5.74) is 5.22. The van der Waals surface area contributed by atoms with E-state index in [4.69, 9.17) is 22.1 Å². The minimum absolute atomic E-state index is 0.00957. The second-order valence-electron chi connectivity index (χ2n) is 5.04. The molecule has 114 valence electrons. The number of nitrogens with two attached hydrogens (primary N) is 1. The van der Waals surface area contributed by atoms with Crippen LogP contribution in [0.25, 0.3) is 0 Å². The molecule has 1 atom stereocenters. The van der Waals surface area contributed by atoms with E-state index in [0.717, 1.165) is 12.8 Å². The molecule has 1 aromatic rings. The Morgan fingerprint density at radius 3 is 2.81 bits per heavy atom. The molecule has 5 nitrogen and oxygen atoms in total. The van der Waals surface area contributed by atoms with Gasteiger partial charge in [-0.15, -0.1) is 0 Å². The zero-order valence-corrected chi connectivity index (χ0v) is 12.0. The first kappa shape index (κ1) is 15.6. The van der Waals surface area contributed by atoms with E-state index in [1.54, 1.807) is 6.07 Å². The van der Waals surface area contributed by atoms with Crippen LogP contribution in [0.4, 0.5) is 9.18 Å². The van der Waals surface area contributed by atoms with Gasteiger partial charge < -0.3 is 15.8 Å². The molecule has 1 unspecified atom stereocenters. The average Bonchev–Trinajstić information content (AvgIpc) is 3.23. The maximum absolute atomic E-state index is 13.7. The van der Waals surface area contributed by atoms with Crippen LogP contribution < -0.4 is 11.1 Å². The lowest BCUT2D eigenvalue weighted by molar-refractivity contribution is -0.130. The van der Waals surface area contributed by atoms with Gasteiger partial charge in [0.1, 0.15) is 5.82 Å². The number of hydrogen-bond donors (Lipinski definition) is 2. The number of halogens is 2. The topological polar surface area (TPSA) is 81.4 Å². The Labute approximate surface area is 126 Å². The van der Waals surface area contributed by atoms with Gasteiger partial charge in [0, 0.05) is 12.1 Å². The van der Waals surface area contributed by atoms with Gasteiger partial charge in [-0.25, -0.2) is 9.18 Å². The smallest absolute Gasteiger partial charge is 0.405 e. The quantitative estimate of drug-likeness (QED) is 0.845. The molecule has 1 fully saturated rings. The number of rotatable bonds is 6. The average molecular weight is 315 g/mol. The molecule has 0 heterocycles. The summed E-state index contributed by atoms with van der Waals surface area (Å²) < 4.78 is 18.5. The molecule has 2 rings (SSSR count). The number of primary amides is 1. The number of carbonyl (C=O) groups is 2. The first-order valence-electron chi connectivity index (χ1n) is 6.64. The van der Waals surface area contributed by atoms with Gasteiger partial charge >= 0.3 is 6.09 Å². The Balaban J connectivity index is 1.94. The molecule has 1 aromatic carbocycles. The molecular weight excluding hydrogens is 299 g/mol. The van der Waals surface area contributed by atoms with Crippen molar-refractivity contribution in [1.29, 1.82) is 0 Å². The third kappa shape index (κ3) is 4.60. The first-order valence-corrected chi connectivity index (χ1v) is 7.02. The van der Waals surface area contributed by atoms with Gasteiger partial charge in [0.15, 0.2) is 6.10 Å². The fourth-order valence-corrected chi connectivity index (χ4v) is 2.18. The molecule has 7 heteroatoms. The molecule has 0 radical (unpaired) electrons. The Hall–Kier alpha value is -1.82. The number of amides is 2. The summed E-state index contributed by atoms with van der Waals surface area (Å²) >= 11 is 5.66. The van der Waals surface area contributed by atoms with E-state index in [1.165, 1.54) is 12.1 Å². The highest BCUT2D eigenvalue weighted by atomic mass is 35.5. The Morgan fingerprint density at radius 1 is 1.48 bits per heavy atom. The lowest BCUT2D eigenvalue weighted by Gasteiger charge is -2.16. The van der Waals surface area contributed by atoms with Gasteiger partial charge in [0.05, 0.1) is 5.02 Å². The standard InChI is InChI=1S/C14H16ClFN2O3/c15-10-3-1-2-9(12(10)16)7-18-13(19)11(21-14(17)20)6-8-4-5-8/h1-3,8,11H,4-7H2,(H2,17,20)(H,18,19). The Morgan fingerprint density at radius 2 is 2.19 bits per heavy atom. The van der Waals surface area contributed by atoms with Gasteiger partial charge in [0.25, 0.3) is 5.91 Å². The summed E-state index contributed by atoms with van der Waals surface area (Å²) in [6.45, 7) is -0.0332. The van der Waals surface area contributed by atoms with Crippen LogP contribution in [0.2, 0.25) is 5.02 Å². The lowest BCUT2D eigenvalue weighted by atomic mass is 10.1. The number of ether oxygens (including phenoxy) is 1. The highest BCUT2D eigenvalue weighted by Crippen LogP contribution is 2.34. The van der Waals surface area contributed by atoms with Crippen LogP contribution in [0.5, 0.6) is 0 Å². The summed E-state index contributed by atoms with van der Waals surface area (Å²) in [6.07, 6.45) is 0.526. The Bertz CT molecular complexity index is 549. The van der Waals surface area contributed by atoms with Crippen LogP contribution in [-0.2, 0) is 16.1 Å². The molecule has 1 saturated carbocycles. The highest BCUT2D eigenvalue weighted by Gasteiger charge is 2.31. The van der Waals surface area contributed by atoms with E-state index >= 15 is 0 Å². The van der Waals surface area contributed by atoms with Crippen molar-refractivity contribution in [3.8, 4) is 0 Å². The van der Waals surface area contributed by atoms with Gasteiger partial charge in [-0.05, 0) is 18.4 Å². The van der Waals surface area contributed by atoms with Crippen LogP contribution in [0.15, 0.2) is 18.2 Å². The molecule has 0 aromatic heterocycles. The van der Waals surface area contributed by atoms with Crippen molar-refractivity contribution >= 4 is 23.6 Å². The van der Waals surface area contributed by atoms with E-state index in [0.29, 0.717) is 12.3 Å². The predicted octanol–water partition coefficient (Wildman–Crippen LogP) is 2.36. The highest BCUT2D eigenvalue weighted by molar-refractivity contribution is 6.30. The number of hydrogen-bond acceptors (Lipinski definition) is 3. The number of benzene rings is 1. The van der Waals surface area contributed by atoms with Gasteiger partial charge in [-0.2, -0.15) is 0 Å². The van der Waals surface area contributed by atoms with Crippen molar-refractivity contribution in [3.05, 3.63) is 34.6 Å². The van der Waals surface area contributed by atoms with Crippen LogP contribution in [0.1, 0.15) is 24.8 Å². The summed E-state index contributed by atoms with van der Waals surface area (Å²) in [5, 5.41) is 2.53. The van der Waals surface area contributed by atoms with Gasteiger partial charge in [-0.3, -0.25) is 4.79 Å². The minimum Gasteiger partial charge on any atom is -0.436 e. The monoisotopic (exact) mass is 314 g/mol. The van der Waals surface area contributed by atoms with Crippen molar-refractivity contribution in [1.82, 2.24) is 5.32 Å². The summed E-state index contributed by atoms with van der Waals surface area (Å²) in [7, 11) is 0. The third-order valence-corrected chi connectivity index (χ3v) is 3.57. The predicted molar refractivity (Wildman–Crippen MR) is 75.1 cm³/mol. The summed E-state index contributed by atoms with van der Waals surface area (Å²) in [5.74, 6) is -0.683. The lowest BCUT2D eigenvalue weighted by Crippen LogP contribution is -2.39. The van der Waals surface area contributed by atoms with Crippen molar-refractivity contribution in [3.63, 3.8) is 0 Å². The van der Waals surface area contributed by atoms with E-state index in [1.807, 2.05) is 0 Å². The van der Waals surface area contributed by atoms with Crippen LogP contribution in [0, 0.1) is 11.7 Å². The summed E-state index contributed by atoms with van der Waals surface area (Å²) in [4.78, 5) is 22.8. The van der Waals surface area contributed by atoms with E-state index in [9.17, 15) is 14.0 Å². The summed E-state index contributed by atoms with van der Waals surface area (Å²) in [6, 6.07) is 4.54. The molecule has 3 N–H and O–H groups in total. The second-order valence-corrected chi connectivity index (χ2v) is 5.44. The van der Waals surface area contributed by atoms with Crippen LogP contribution in [0.3, 0.4) is 0 Å². The van der Waals surface area contributed by atoms with Crippen molar-refractivity contribution in [2.75, 3.05) is 0 Å². The largest absolute Gasteiger partial charge is 0.436 e. The zero-order valence-electron chi connectivity index (χ0n) is 11.3. The van der Waals surface area contributed by atoms with Crippen LogP contribution in [-0.4, -0.2) is 18.1 Å². The number of carbonyl (C=O) groups excluding carboxylic acids is 2. The van der Waals surface area contributed by atoms with Gasteiger partial charge in [0.2, 0.25) is 0 Å². The van der Waals surface area contributed by atoms with Crippen molar-refractivity contribution in [2.45, 2.75) is 31.9 Å². The molecule has 1 aliphatic carbocycles. The fraction of sp³-hybridized carbons (Fsp3) is 0.429. The zero-order chi connectivity index (χ0) is 15.4. The Kier molecular flexibility index (Phi) is 5.01. The van der Waals surface area contributed by atoms with E-state index in [2.05, 4.69) is 5.32 Å². The van der Waals surface area contributed by atoms with Crippen molar-refractivity contribution in [2.24, 2.45) is 11.7 Å². The molecule has 2 amide bonds. The SMILES string of the molecule is NC(=O)OC(CC1CC1)C(=O)NCc1cccc(Cl)c1F. The molecular formula is C14H16ClFN2O3. The maximum Gasteiger partial charge on any atom is 0.405 e. The molecule has 21 heavy (non-hydrogen) atoms. The maximum atomic E-state index is 13.7. The fourth-order valence-electron chi connectivity index (χ4n) is 1.99. The molecule has 0 saturated heterocycles. The minimum atomic E-state index is -0.996. The molecule has 0 bridgehead atoms. The number of nitrogens with one attached hydrogen (secondary N) is 1. The van der Waals surface area contributed by atoms with E-state index in [-0.39, 0.29) is 17.1 Å². The van der Waals surface area contributed by atoms with Crippen LogP contribution >= 0.6 is 11.6 Å².